The van der Waals surface area contributed by atoms with Crippen molar-refractivity contribution in [1.29, 1.82) is 0 Å². The van der Waals surface area contributed by atoms with Gasteiger partial charge in [-0.05, 0) is 26.7 Å². The van der Waals surface area contributed by atoms with Crippen LogP contribution in [-0.4, -0.2) is 35.9 Å². The smallest absolute Gasteiger partial charge is 0.171 e. The van der Waals surface area contributed by atoms with Gasteiger partial charge in [0.1, 0.15) is 11.4 Å². The predicted octanol–water partition coefficient (Wildman–Crippen LogP) is 3.06. The number of ether oxygens (including phenoxy) is 2. The first-order chi connectivity index (χ1) is 10.2. The van der Waals surface area contributed by atoms with E-state index in [9.17, 15) is 4.79 Å². The Balaban J connectivity index is 1.96. The Labute approximate surface area is 132 Å². The Morgan fingerprint density at radius 2 is 1.91 bits per heavy atom. The Kier molecular flexibility index (Phi) is 5.07. The lowest BCUT2D eigenvalue weighted by atomic mass is 9.91. The summed E-state index contributed by atoms with van der Waals surface area (Å²) in [5.74, 6) is 0.606. The summed E-state index contributed by atoms with van der Waals surface area (Å²) in [6, 6.07) is 1.86. The maximum atomic E-state index is 12.5. The molecule has 0 aliphatic carbocycles. The molecule has 22 heavy (non-hydrogen) atoms. The first-order valence-corrected chi connectivity index (χ1v) is 7.93. The predicted molar refractivity (Wildman–Crippen MR) is 82.9 cm³/mol. The molecular formula is C17H27NO4. The maximum Gasteiger partial charge on any atom is 0.171 e. The summed E-state index contributed by atoms with van der Waals surface area (Å²) in [6.07, 6.45) is 1.98. The van der Waals surface area contributed by atoms with E-state index >= 15 is 0 Å². The highest BCUT2D eigenvalue weighted by Crippen LogP contribution is 2.24. The molecule has 1 aromatic rings. The van der Waals surface area contributed by atoms with Crippen molar-refractivity contribution >= 4 is 5.78 Å². The Bertz CT molecular complexity index is 507. The second kappa shape index (κ2) is 6.50. The number of aromatic nitrogens is 1. The van der Waals surface area contributed by atoms with Gasteiger partial charge in [-0.3, -0.25) is 4.79 Å². The number of Topliss-reactive ketones (excluding diaryl/α,β-unsaturated/α-hetero) is 1. The summed E-state index contributed by atoms with van der Waals surface area (Å²) in [6.45, 7) is 11.2. The molecule has 0 bridgehead atoms. The summed E-state index contributed by atoms with van der Waals surface area (Å²) in [5, 5.41) is 4.05. The number of ketones is 1. The fourth-order valence-corrected chi connectivity index (χ4v) is 2.40. The van der Waals surface area contributed by atoms with E-state index in [1.54, 1.807) is 0 Å². The van der Waals surface area contributed by atoms with Crippen LogP contribution in [0.15, 0.2) is 10.6 Å². The fourth-order valence-electron chi connectivity index (χ4n) is 2.40. The molecule has 1 aliphatic rings. The minimum Gasteiger partial charge on any atom is -0.381 e. The van der Waals surface area contributed by atoms with Crippen molar-refractivity contribution in [3.8, 4) is 0 Å². The second-order valence-electron chi connectivity index (χ2n) is 7.47. The molecule has 5 heteroatoms. The highest BCUT2D eigenvalue weighted by atomic mass is 16.5. The molecule has 5 nitrogen and oxygen atoms in total. The van der Waals surface area contributed by atoms with Gasteiger partial charge in [-0.15, -0.1) is 0 Å². The van der Waals surface area contributed by atoms with Crippen LogP contribution in [0.2, 0.25) is 0 Å². The van der Waals surface area contributed by atoms with Crippen LogP contribution < -0.4 is 0 Å². The summed E-state index contributed by atoms with van der Waals surface area (Å²) in [5.41, 5.74) is -0.0475. The molecule has 2 rings (SSSR count). The number of carbonyl (C=O) groups excluding carboxylic acids is 1. The molecule has 124 valence electrons. The van der Waals surface area contributed by atoms with Crippen molar-refractivity contribution in [1.82, 2.24) is 5.16 Å². The standard InChI is InChI=1S/C17H27NO4/c1-16(2,3)14-10-13(22-18-14)11-15(19)17(4,5)21-12-6-8-20-9-7-12/h10,12H,6-9,11H2,1-5H3. The molecule has 1 saturated heterocycles. The number of rotatable bonds is 5. The van der Waals surface area contributed by atoms with Crippen molar-refractivity contribution in [2.24, 2.45) is 0 Å². The average molecular weight is 309 g/mol. The summed E-state index contributed by atoms with van der Waals surface area (Å²) in [4.78, 5) is 12.5. The lowest BCUT2D eigenvalue weighted by molar-refractivity contribution is -0.153. The van der Waals surface area contributed by atoms with E-state index in [0.29, 0.717) is 19.0 Å². The molecule has 0 N–H and O–H groups in total. The zero-order valence-corrected chi connectivity index (χ0v) is 14.3. The summed E-state index contributed by atoms with van der Waals surface area (Å²) < 4.78 is 16.6. The first-order valence-electron chi connectivity index (χ1n) is 7.93. The normalized spacial score (nSPS) is 17.7. The third kappa shape index (κ3) is 4.40. The lowest BCUT2D eigenvalue weighted by Crippen LogP contribution is -2.41. The summed E-state index contributed by atoms with van der Waals surface area (Å²) >= 11 is 0. The Hall–Kier alpha value is -1.20. The van der Waals surface area contributed by atoms with Crippen LogP contribution in [0.3, 0.4) is 0 Å². The Morgan fingerprint density at radius 3 is 2.45 bits per heavy atom. The molecule has 2 heterocycles. The Morgan fingerprint density at radius 1 is 1.27 bits per heavy atom. The molecule has 0 radical (unpaired) electrons. The number of hydrogen-bond acceptors (Lipinski definition) is 5. The minimum absolute atomic E-state index is 0.00982. The monoisotopic (exact) mass is 309 g/mol. The zero-order chi connectivity index (χ0) is 16.4. The molecule has 0 unspecified atom stereocenters. The highest BCUT2D eigenvalue weighted by Gasteiger charge is 2.33. The molecular weight excluding hydrogens is 282 g/mol. The van der Waals surface area contributed by atoms with E-state index < -0.39 is 5.60 Å². The molecule has 0 saturated carbocycles. The third-order valence-electron chi connectivity index (χ3n) is 3.96. The van der Waals surface area contributed by atoms with E-state index in [0.717, 1.165) is 18.5 Å². The summed E-state index contributed by atoms with van der Waals surface area (Å²) in [7, 11) is 0. The van der Waals surface area contributed by atoms with Crippen molar-refractivity contribution in [3.63, 3.8) is 0 Å². The quantitative estimate of drug-likeness (QED) is 0.836. The highest BCUT2D eigenvalue weighted by molar-refractivity contribution is 5.88. The van der Waals surface area contributed by atoms with Crippen molar-refractivity contribution in [2.45, 2.75) is 71.0 Å². The average Bonchev–Trinajstić information content (AvgIpc) is 2.88. The van der Waals surface area contributed by atoms with Crippen LogP contribution in [0.25, 0.3) is 0 Å². The largest absolute Gasteiger partial charge is 0.381 e. The molecule has 1 aliphatic heterocycles. The van der Waals surface area contributed by atoms with Gasteiger partial charge in [-0.2, -0.15) is 0 Å². The van der Waals surface area contributed by atoms with Crippen molar-refractivity contribution in [3.05, 3.63) is 17.5 Å². The zero-order valence-electron chi connectivity index (χ0n) is 14.3. The third-order valence-corrected chi connectivity index (χ3v) is 3.96. The second-order valence-corrected chi connectivity index (χ2v) is 7.47. The van der Waals surface area contributed by atoms with Gasteiger partial charge in [0.25, 0.3) is 0 Å². The van der Waals surface area contributed by atoms with Crippen molar-refractivity contribution in [2.75, 3.05) is 13.2 Å². The fraction of sp³-hybridized carbons (Fsp3) is 0.765. The van der Waals surface area contributed by atoms with Crippen LogP contribution in [-0.2, 0) is 26.1 Å². The van der Waals surface area contributed by atoms with Gasteiger partial charge in [-0.1, -0.05) is 25.9 Å². The first kappa shape index (κ1) is 17.2. The number of nitrogens with zero attached hydrogens (tertiary/aromatic N) is 1. The van der Waals surface area contributed by atoms with Gasteiger partial charge < -0.3 is 14.0 Å². The number of carbonyl (C=O) groups is 1. The van der Waals surface area contributed by atoms with Crippen LogP contribution in [0.4, 0.5) is 0 Å². The van der Waals surface area contributed by atoms with Gasteiger partial charge in [0.2, 0.25) is 0 Å². The molecule has 0 spiro atoms. The number of hydrogen-bond donors (Lipinski definition) is 0. The van der Waals surface area contributed by atoms with Crippen LogP contribution >= 0.6 is 0 Å². The van der Waals surface area contributed by atoms with Crippen LogP contribution in [0.1, 0.15) is 58.9 Å². The molecule has 0 amide bonds. The molecule has 0 aromatic carbocycles. The van der Waals surface area contributed by atoms with Gasteiger partial charge >= 0.3 is 0 Å². The van der Waals surface area contributed by atoms with Crippen LogP contribution in [0.5, 0.6) is 0 Å². The van der Waals surface area contributed by atoms with E-state index in [1.165, 1.54) is 0 Å². The van der Waals surface area contributed by atoms with Crippen LogP contribution in [0, 0.1) is 0 Å². The molecule has 1 aromatic heterocycles. The maximum absolute atomic E-state index is 12.5. The lowest BCUT2D eigenvalue weighted by Gasteiger charge is -2.31. The van der Waals surface area contributed by atoms with E-state index in [1.807, 2.05) is 19.9 Å². The molecule has 0 atom stereocenters. The SMILES string of the molecule is CC(C)(OC1CCOCC1)C(=O)Cc1cc(C(C)(C)C)no1. The molecule has 1 fully saturated rings. The topological polar surface area (TPSA) is 61.6 Å². The van der Waals surface area contributed by atoms with E-state index in [2.05, 4.69) is 25.9 Å². The van der Waals surface area contributed by atoms with E-state index in [4.69, 9.17) is 14.0 Å². The van der Waals surface area contributed by atoms with Crippen molar-refractivity contribution < 1.29 is 18.8 Å². The minimum atomic E-state index is -0.823. The van der Waals surface area contributed by atoms with Gasteiger partial charge in [0, 0.05) is 24.7 Å². The van der Waals surface area contributed by atoms with E-state index in [-0.39, 0.29) is 23.7 Å². The van der Waals surface area contributed by atoms with Gasteiger partial charge in [0.05, 0.1) is 18.2 Å². The van der Waals surface area contributed by atoms with Gasteiger partial charge in [-0.25, -0.2) is 0 Å². The van der Waals surface area contributed by atoms with Gasteiger partial charge in [0.15, 0.2) is 5.78 Å².